The molecule has 0 atom stereocenters. The summed E-state index contributed by atoms with van der Waals surface area (Å²) in [4.78, 5) is 8.38. The first kappa shape index (κ1) is 4.33. The molecule has 0 saturated heterocycles. The Morgan fingerprint density at radius 2 is 2.86 bits per heavy atom. The molecule has 0 aliphatic carbocycles. The lowest BCUT2D eigenvalue weighted by molar-refractivity contribution is 0.0680. The van der Waals surface area contributed by atoms with Gasteiger partial charge in [-0.2, -0.15) is 0 Å². The van der Waals surface area contributed by atoms with Crippen molar-refractivity contribution in [1.29, 1.82) is 0 Å². The summed E-state index contributed by atoms with van der Waals surface area (Å²) in [5.41, 5.74) is 3.24. The van der Waals surface area contributed by atoms with E-state index < -0.39 is 0 Å². The first-order valence-electron chi connectivity index (χ1n) is 1.96. The zero-order chi connectivity index (χ0) is 5.11. The molecule has 1 aliphatic heterocycles. The second-order valence-electron chi connectivity index (χ2n) is 1.21. The SMILES string of the molecule is C=C1C=NCON1. The number of hydrogen-bond donors (Lipinski definition) is 1. The maximum absolute atomic E-state index is 4.63. The van der Waals surface area contributed by atoms with Crippen molar-refractivity contribution in [1.82, 2.24) is 5.48 Å². The van der Waals surface area contributed by atoms with Gasteiger partial charge in [0.05, 0.1) is 5.70 Å². The van der Waals surface area contributed by atoms with E-state index in [1.165, 1.54) is 0 Å². The van der Waals surface area contributed by atoms with Gasteiger partial charge in [0.25, 0.3) is 0 Å². The number of hydroxylamine groups is 1. The summed E-state index contributed by atoms with van der Waals surface area (Å²) in [6.07, 6.45) is 1.63. The first-order chi connectivity index (χ1) is 3.39. The van der Waals surface area contributed by atoms with Gasteiger partial charge in [0.1, 0.15) is 0 Å². The zero-order valence-electron chi connectivity index (χ0n) is 3.85. The molecule has 0 aromatic heterocycles. The summed E-state index contributed by atoms with van der Waals surface area (Å²) in [7, 11) is 0. The zero-order valence-corrected chi connectivity index (χ0v) is 3.85. The highest BCUT2D eigenvalue weighted by molar-refractivity contribution is 5.76. The molecular formula is C4H6N2O. The number of aliphatic imine (C=N–C) groups is 1. The lowest BCUT2D eigenvalue weighted by atomic mass is 10.6. The fourth-order valence-electron chi connectivity index (χ4n) is 0.336. The second-order valence-corrected chi connectivity index (χ2v) is 1.21. The van der Waals surface area contributed by atoms with Crippen LogP contribution >= 0.6 is 0 Å². The Morgan fingerprint density at radius 3 is 3.14 bits per heavy atom. The fraction of sp³-hybridized carbons (Fsp3) is 0.250. The standard InChI is InChI=1S/C4H6N2O/c1-4-2-5-3-7-6-4/h2,6H,1,3H2. The molecule has 1 N–H and O–H groups in total. The predicted octanol–water partition coefficient (Wildman–Crippen LogP) is 0.0632. The molecule has 0 unspecified atom stereocenters. The summed E-state index contributed by atoms with van der Waals surface area (Å²) in [6.45, 7) is 3.92. The second kappa shape index (κ2) is 1.75. The Balaban J connectivity index is 2.51. The van der Waals surface area contributed by atoms with Gasteiger partial charge in [-0.25, -0.2) is 0 Å². The van der Waals surface area contributed by atoms with Gasteiger partial charge < -0.3 is 0 Å². The highest BCUT2D eigenvalue weighted by Gasteiger charge is 1.90. The highest BCUT2D eigenvalue weighted by Crippen LogP contribution is 1.85. The Bertz CT molecular complexity index is 108. The third-order valence-corrected chi connectivity index (χ3v) is 0.589. The van der Waals surface area contributed by atoms with Crippen molar-refractivity contribution in [2.45, 2.75) is 0 Å². The molecule has 0 aromatic rings. The van der Waals surface area contributed by atoms with Crippen molar-refractivity contribution in [3.8, 4) is 0 Å². The van der Waals surface area contributed by atoms with Crippen LogP contribution in [0.1, 0.15) is 0 Å². The minimum Gasteiger partial charge on any atom is -0.264 e. The van der Waals surface area contributed by atoms with Gasteiger partial charge in [-0.1, -0.05) is 6.58 Å². The fourth-order valence-corrected chi connectivity index (χ4v) is 0.336. The molecule has 3 nitrogen and oxygen atoms in total. The molecule has 1 rings (SSSR count). The van der Waals surface area contributed by atoms with Gasteiger partial charge >= 0.3 is 0 Å². The van der Waals surface area contributed by atoms with Crippen LogP contribution in [0.4, 0.5) is 0 Å². The number of allylic oxidation sites excluding steroid dienone is 1. The van der Waals surface area contributed by atoms with E-state index in [2.05, 4.69) is 21.9 Å². The molecule has 0 fully saturated rings. The van der Waals surface area contributed by atoms with Crippen LogP contribution in [-0.4, -0.2) is 12.9 Å². The van der Waals surface area contributed by atoms with Crippen molar-refractivity contribution in [2.75, 3.05) is 6.73 Å². The Kier molecular flexibility index (Phi) is 1.08. The summed E-state index contributed by atoms with van der Waals surface area (Å²) >= 11 is 0. The van der Waals surface area contributed by atoms with Crippen molar-refractivity contribution in [2.24, 2.45) is 4.99 Å². The third kappa shape index (κ3) is 1.01. The minimum absolute atomic E-state index is 0.388. The van der Waals surface area contributed by atoms with E-state index in [1.54, 1.807) is 6.21 Å². The van der Waals surface area contributed by atoms with Crippen LogP contribution in [0.25, 0.3) is 0 Å². The van der Waals surface area contributed by atoms with Crippen molar-refractivity contribution in [3.05, 3.63) is 12.3 Å². The summed E-state index contributed by atoms with van der Waals surface area (Å²) in [5, 5.41) is 0. The van der Waals surface area contributed by atoms with E-state index in [0.29, 0.717) is 12.4 Å². The molecule has 1 aliphatic rings. The van der Waals surface area contributed by atoms with Crippen LogP contribution in [0, 0.1) is 0 Å². The number of nitrogens with one attached hydrogen (secondary N) is 1. The number of rotatable bonds is 0. The first-order valence-corrected chi connectivity index (χ1v) is 1.96. The number of nitrogens with zero attached hydrogens (tertiary/aromatic N) is 1. The molecule has 3 heteroatoms. The molecule has 0 radical (unpaired) electrons. The van der Waals surface area contributed by atoms with Gasteiger partial charge in [-0.15, -0.1) is 0 Å². The highest BCUT2D eigenvalue weighted by atomic mass is 16.7. The van der Waals surface area contributed by atoms with Crippen LogP contribution in [0.2, 0.25) is 0 Å². The van der Waals surface area contributed by atoms with E-state index in [-0.39, 0.29) is 0 Å². The average molecular weight is 98.1 g/mol. The van der Waals surface area contributed by atoms with Crippen LogP contribution in [0.3, 0.4) is 0 Å². The molecule has 0 bridgehead atoms. The van der Waals surface area contributed by atoms with E-state index >= 15 is 0 Å². The van der Waals surface area contributed by atoms with E-state index in [4.69, 9.17) is 0 Å². The van der Waals surface area contributed by atoms with Crippen molar-refractivity contribution < 1.29 is 4.84 Å². The largest absolute Gasteiger partial charge is 0.264 e. The summed E-state index contributed by atoms with van der Waals surface area (Å²) < 4.78 is 0. The minimum atomic E-state index is 0.388. The summed E-state index contributed by atoms with van der Waals surface area (Å²) in [6, 6.07) is 0. The molecule has 0 saturated carbocycles. The van der Waals surface area contributed by atoms with Gasteiger partial charge in [-0.3, -0.25) is 15.3 Å². The quantitative estimate of drug-likeness (QED) is 0.465. The van der Waals surface area contributed by atoms with Crippen LogP contribution in [0.15, 0.2) is 17.3 Å². The van der Waals surface area contributed by atoms with E-state index in [1.807, 2.05) is 0 Å². The molecule has 0 aromatic carbocycles. The predicted molar refractivity (Wildman–Crippen MR) is 26.7 cm³/mol. The van der Waals surface area contributed by atoms with Gasteiger partial charge in [0.15, 0.2) is 6.73 Å². The maximum Gasteiger partial charge on any atom is 0.164 e. The van der Waals surface area contributed by atoms with E-state index in [9.17, 15) is 0 Å². The van der Waals surface area contributed by atoms with Crippen LogP contribution in [-0.2, 0) is 4.84 Å². The lowest BCUT2D eigenvalue weighted by Gasteiger charge is -2.06. The van der Waals surface area contributed by atoms with Gasteiger partial charge in [-0.05, 0) is 0 Å². The van der Waals surface area contributed by atoms with Gasteiger partial charge in [0.2, 0.25) is 0 Å². The maximum atomic E-state index is 4.63. The monoisotopic (exact) mass is 98.0 g/mol. The molecule has 38 valence electrons. The van der Waals surface area contributed by atoms with Crippen molar-refractivity contribution >= 4 is 6.21 Å². The number of hydrogen-bond acceptors (Lipinski definition) is 3. The lowest BCUT2D eigenvalue weighted by Crippen LogP contribution is -2.18. The third-order valence-electron chi connectivity index (χ3n) is 0.589. The smallest absolute Gasteiger partial charge is 0.164 e. The molecule has 1 heterocycles. The molecule has 0 amide bonds. The summed E-state index contributed by atoms with van der Waals surface area (Å²) in [5.74, 6) is 0. The Labute approximate surface area is 41.7 Å². The Hall–Kier alpha value is -0.830. The van der Waals surface area contributed by atoms with E-state index in [0.717, 1.165) is 0 Å². The topological polar surface area (TPSA) is 33.6 Å². The van der Waals surface area contributed by atoms with Crippen LogP contribution < -0.4 is 5.48 Å². The van der Waals surface area contributed by atoms with Crippen LogP contribution in [0.5, 0.6) is 0 Å². The molecular weight excluding hydrogens is 92.1 g/mol. The van der Waals surface area contributed by atoms with Gasteiger partial charge in [0, 0.05) is 6.21 Å². The Morgan fingerprint density at radius 1 is 2.00 bits per heavy atom. The molecule has 7 heavy (non-hydrogen) atoms. The van der Waals surface area contributed by atoms with Crippen molar-refractivity contribution in [3.63, 3.8) is 0 Å². The molecule has 0 spiro atoms. The average Bonchev–Trinajstić information content (AvgIpc) is 1.69. The normalized spacial score (nSPS) is 19.1.